The lowest BCUT2D eigenvalue weighted by Crippen LogP contribution is -2.08. The van der Waals surface area contributed by atoms with E-state index in [0.717, 1.165) is 23.5 Å². The van der Waals surface area contributed by atoms with Gasteiger partial charge in [0.05, 0.1) is 5.69 Å². The Balaban J connectivity index is 2.29. The zero-order valence-corrected chi connectivity index (χ0v) is 10.3. The van der Waals surface area contributed by atoms with Crippen molar-refractivity contribution in [2.45, 2.75) is 19.3 Å². The van der Waals surface area contributed by atoms with E-state index in [9.17, 15) is 4.39 Å². The van der Waals surface area contributed by atoms with Gasteiger partial charge in [0, 0.05) is 17.7 Å². The van der Waals surface area contributed by atoms with Crippen LogP contribution in [0.2, 0.25) is 0 Å². The molecule has 2 aromatic rings. The lowest BCUT2D eigenvalue weighted by molar-refractivity contribution is 0.628. The van der Waals surface area contributed by atoms with E-state index in [-0.39, 0.29) is 11.7 Å². The SMILES string of the molecule is CC(CCN)c1nccc(-c2ccc(F)cc2)n1. The van der Waals surface area contributed by atoms with E-state index in [0.29, 0.717) is 6.54 Å². The molecule has 0 spiro atoms. The summed E-state index contributed by atoms with van der Waals surface area (Å²) in [6.45, 7) is 2.67. The smallest absolute Gasteiger partial charge is 0.131 e. The monoisotopic (exact) mass is 245 g/mol. The maximum atomic E-state index is 12.9. The molecule has 1 aromatic carbocycles. The largest absolute Gasteiger partial charge is 0.330 e. The van der Waals surface area contributed by atoms with Crippen molar-refractivity contribution in [1.29, 1.82) is 0 Å². The fourth-order valence-corrected chi connectivity index (χ4v) is 1.77. The number of benzene rings is 1. The van der Waals surface area contributed by atoms with Gasteiger partial charge in [-0.1, -0.05) is 6.92 Å². The Morgan fingerprint density at radius 1 is 1.22 bits per heavy atom. The van der Waals surface area contributed by atoms with E-state index in [2.05, 4.69) is 16.9 Å². The Labute approximate surface area is 106 Å². The van der Waals surface area contributed by atoms with Crippen LogP contribution >= 0.6 is 0 Å². The summed E-state index contributed by atoms with van der Waals surface area (Å²) in [5.74, 6) is 0.766. The molecule has 0 saturated heterocycles. The molecule has 0 saturated carbocycles. The van der Waals surface area contributed by atoms with Gasteiger partial charge in [-0.15, -0.1) is 0 Å². The normalized spacial score (nSPS) is 12.4. The highest BCUT2D eigenvalue weighted by atomic mass is 19.1. The van der Waals surface area contributed by atoms with Crippen molar-refractivity contribution in [3.05, 3.63) is 48.2 Å². The molecular weight excluding hydrogens is 229 g/mol. The highest BCUT2D eigenvalue weighted by Gasteiger charge is 2.09. The predicted molar refractivity (Wildman–Crippen MR) is 69.5 cm³/mol. The molecule has 0 aliphatic rings. The minimum Gasteiger partial charge on any atom is -0.330 e. The summed E-state index contributed by atoms with van der Waals surface area (Å²) in [5, 5.41) is 0. The first-order chi connectivity index (χ1) is 8.70. The van der Waals surface area contributed by atoms with Gasteiger partial charge in [0.15, 0.2) is 0 Å². The van der Waals surface area contributed by atoms with E-state index in [1.807, 2.05) is 6.07 Å². The first-order valence-electron chi connectivity index (χ1n) is 5.99. The summed E-state index contributed by atoms with van der Waals surface area (Å²) in [5.41, 5.74) is 7.23. The summed E-state index contributed by atoms with van der Waals surface area (Å²) in [6, 6.07) is 8.12. The highest BCUT2D eigenvalue weighted by Crippen LogP contribution is 2.20. The third-order valence-electron chi connectivity index (χ3n) is 2.85. The molecule has 4 heteroatoms. The van der Waals surface area contributed by atoms with Gasteiger partial charge < -0.3 is 5.73 Å². The van der Waals surface area contributed by atoms with E-state index in [1.165, 1.54) is 12.1 Å². The molecule has 3 nitrogen and oxygen atoms in total. The van der Waals surface area contributed by atoms with Crippen molar-refractivity contribution in [3.63, 3.8) is 0 Å². The molecule has 1 atom stereocenters. The Hall–Kier alpha value is -1.81. The second-order valence-corrected chi connectivity index (χ2v) is 4.29. The number of nitrogens with zero attached hydrogens (tertiary/aromatic N) is 2. The van der Waals surface area contributed by atoms with Crippen LogP contribution in [0, 0.1) is 5.82 Å². The highest BCUT2D eigenvalue weighted by molar-refractivity contribution is 5.58. The topological polar surface area (TPSA) is 51.8 Å². The Morgan fingerprint density at radius 3 is 2.61 bits per heavy atom. The molecule has 1 aromatic heterocycles. The quantitative estimate of drug-likeness (QED) is 0.901. The molecule has 1 heterocycles. The van der Waals surface area contributed by atoms with Crippen LogP contribution in [0.5, 0.6) is 0 Å². The zero-order valence-electron chi connectivity index (χ0n) is 10.3. The maximum absolute atomic E-state index is 12.9. The average molecular weight is 245 g/mol. The van der Waals surface area contributed by atoms with Gasteiger partial charge in [-0.25, -0.2) is 14.4 Å². The van der Waals surface area contributed by atoms with E-state index >= 15 is 0 Å². The summed E-state index contributed by atoms with van der Waals surface area (Å²) in [6.07, 6.45) is 2.58. The number of nitrogens with two attached hydrogens (primary N) is 1. The Morgan fingerprint density at radius 2 is 1.94 bits per heavy atom. The number of rotatable bonds is 4. The van der Waals surface area contributed by atoms with Crippen molar-refractivity contribution in [1.82, 2.24) is 9.97 Å². The summed E-state index contributed by atoms with van der Waals surface area (Å²) < 4.78 is 12.9. The molecule has 0 aliphatic carbocycles. The molecule has 0 radical (unpaired) electrons. The van der Waals surface area contributed by atoms with Gasteiger partial charge in [-0.2, -0.15) is 0 Å². The van der Waals surface area contributed by atoms with E-state index < -0.39 is 0 Å². The van der Waals surface area contributed by atoms with Crippen LogP contribution in [0.25, 0.3) is 11.3 Å². The molecule has 2 N–H and O–H groups in total. The molecule has 18 heavy (non-hydrogen) atoms. The maximum Gasteiger partial charge on any atom is 0.131 e. The predicted octanol–water partition coefficient (Wildman–Crippen LogP) is 2.74. The lowest BCUT2D eigenvalue weighted by atomic mass is 10.1. The van der Waals surface area contributed by atoms with Gasteiger partial charge in [0.1, 0.15) is 11.6 Å². The average Bonchev–Trinajstić information content (AvgIpc) is 2.40. The Bertz CT molecular complexity index is 511. The van der Waals surface area contributed by atoms with Crippen molar-refractivity contribution in [2.24, 2.45) is 5.73 Å². The van der Waals surface area contributed by atoms with Gasteiger partial charge in [0.25, 0.3) is 0 Å². The zero-order chi connectivity index (χ0) is 13.0. The first-order valence-corrected chi connectivity index (χ1v) is 5.99. The summed E-state index contributed by atoms with van der Waals surface area (Å²) in [4.78, 5) is 8.76. The van der Waals surface area contributed by atoms with Crippen LogP contribution < -0.4 is 5.73 Å². The summed E-state index contributed by atoms with van der Waals surface area (Å²) in [7, 11) is 0. The Kier molecular flexibility index (Phi) is 3.99. The van der Waals surface area contributed by atoms with Gasteiger partial charge in [-0.3, -0.25) is 0 Å². The van der Waals surface area contributed by atoms with Crippen LogP contribution in [0.1, 0.15) is 25.1 Å². The van der Waals surface area contributed by atoms with Crippen LogP contribution in [-0.2, 0) is 0 Å². The lowest BCUT2D eigenvalue weighted by Gasteiger charge is -2.09. The molecule has 94 valence electrons. The van der Waals surface area contributed by atoms with Crippen molar-refractivity contribution in [2.75, 3.05) is 6.54 Å². The fourth-order valence-electron chi connectivity index (χ4n) is 1.77. The third kappa shape index (κ3) is 2.90. The minimum atomic E-state index is -0.246. The number of aromatic nitrogens is 2. The van der Waals surface area contributed by atoms with Crippen LogP contribution in [-0.4, -0.2) is 16.5 Å². The van der Waals surface area contributed by atoms with Gasteiger partial charge >= 0.3 is 0 Å². The van der Waals surface area contributed by atoms with Crippen LogP contribution in [0.3, 0.4) is 0 Å². The first kappa shape index (κ1) is 12.6. The number of hydrogen-bond acceptors (Lipinski definition) is 3. The standard InChI is InChI=1S/C14H16FN3/c1-10(6-8-16)14-17-9-7-13(18-14)11-2-4-12(15)5-3-11/h2-5,7,9-10H,6,8,16H2,1H3. The fraction of sp³-hybridized carbons (Fsp3) is 0.286. The molecule has 0 bridgehead atoms. The van der Waals surface area contributed by atoms with E-state index in [1.54, 1.807) is 18.3 Å². The van der Waals surface area contributed by atoms with Gasteiger partial charge in [-0.05, 0) is 43.3 Å². The third-order valence-corrected chi connectivity index (χ3v) is 2.85. The number of hydrogen-bond donors (Lipinski definition) is 1. The second kappa shape index (κ2) is 5.69. The van der Waals surface area contributed by atoms with Crippen molar-refractivity contribution < 1.29 is 4.39 Å². The van der Waals surface area contributed by atoms with Crippen molar-refractivity contribution >= 4 is 0 Å². The van der Waals surface area contributed by atoms with Crippen LogP contribution in [0.4, 0.5) is 4.39 Å². The molecule has 1 unspecified atom stereocenters. The molecule has 2 rings (SSSR count). The molecular formula is C14H16FN3. The van der Waals surface area contributed by atoms with Gasteiger partial charge in [0.2, 0.25) is 0 Å². The minimum absolute atomic E-state index is 0.232. The second-order valence-electron chi connectivity index (χ2n) is 4.29. The number of halogens is 1. The van der Waals surface area contributed by atoms with Crippen LogP contribution in [0.15, 0.2) is 36.5 Å². The molecule has 0 fully saturated rings. The molecule has 0 aliphatic heterocycles. The molecule has 0 amide bonds. The van der Waals surface area contributed by atoms with Crippen molar-refractivity contribution in [3.8, 4) is 11.3 Å². The van der Waals surface area contributed by atoms with E-state index in [4.69, 9.17) is 5.73 Å². The summed E-state index contributed by atoms with van der Waals surface area (Å²) >= 11 is 0.